The second-order valence-electron chi connectivity index (χ2n) is 6.59. The number of hydrogen-bond acceptors (Lipinski definition) is 4. The van der Waals surface area contributed by atoms with E-state index in [0.29, 0.717) is 32.8 Å². The highest BCUT2D eigenvalue weighted by Gasteiger charge is 2.30. The van der Waals surface area contributed by atoms with Crippen LogP contribution in [-0.4, -0.2) is 85.5 Å². The monoisotopic (exact) mass is 311 g/mol. The Balaban J connectivity index is 1.76. The van der Waals surface area contributed by atoms with Crippen LogP contribution in [0, 0.1) is 5.92 Å². The molecule has 2 amide bonds. The highest BCUT2D eigenvalue weighted by Crippen LogP contribution is 2.20. The third kappa shape index (κ3) is 4.43. The van der Waals surface area contributed by atoms with Crippen molar-refractivity contribution in [2.75, 3.05) is 53.0 Å². The Morgan fingerprint density at radius 2 is 1.73 bits per heavy atom. The van der Waals surface area contributed by atoms with Crippen LogP contribution in [0.1, 0.15) is 26.7 Å². The summed E-state index contributed by atoms with van der Waals surface area (Å²) in [5.74, 6) is 0.472. The predicted octanol–water partition coefficient (Wildman–Crippen LogP) is 0.424. The van der Waals surface area contributed by atoms with E-state index < -0.39 is 0 Å². The van der Waals surface area contributed by atoms with Gasteiger partial charge in [-0.25, -0.2) is 0 Å². The highest BCUT2D eigenvalue weighted by molar-refractivity contribution is 5.81. The Morgan fingerprint density at radius 1 is 1.14 bits per heavy atom. The molecule has 6 heteroatoms. The van der Waals surface area contributed by atoms with Gasteiger partial charge in [-0.05, 0) is 26.7 Å². The first-order valence-electron chi connectivity index (χ1n) is 8.33. The molecule has 0 aromatic carbocycles. The van der Waals surface area contributed by atoms with Gasteiger partial charge < -0.3 is 14.5 Å². The third-order valence-corrected chi connectivity index (χ3v) is 4.78. The molecule has 2 rings (SSSR count). The normalized spacial score (nSPS) is 21.2. The van der Waals surface area contributed by atoms with Crippen molar-refractivity contribution >= 4 is 11.8 Å². The molecule has 0 N–H and O–H groups in total. The van der Waals surface area contributed by atoms with Gasteiger partial charge >= 0.3 is 0 Å². The molecule has 2 aliphatic heterocycles. The smallest absolute Gasteiger partial charge is 0.236 e. The van der Waals surface area contributed by atoms with Crippen LogP contribution in [0.25, 0.3) is 0 Å². The molecule has 0 unspecified atom stereocenters. The number of carbonyl (C=O) groups excluding carboxylic acids is 2. The van der Waals surface area contributed by atoms with E-state index in [1.54, 1.807) is 0 Å². The summed E-state index contributed by atoms with van der Waals surface area (Å²) in [7, 11) is 1.86. The molecule has 126 valence electrons. The first-order chi connectivity index (χ1) is 10.5. The standard InChI is InChI=1S/C16H29N3O3/c1-13(2)17(3)16(21)14-4-6-19(7-5-14)15(20)12-18-8-10-22-11-9-18/h13-14H,4-12H2,1-3H3. The molecule has 0 atom stereocenters. The summed E-state index contributed by atoms with van der Waals surface area (Å²) in [6, 6.07) is 0.230. The van der Waals surface area contributed by atoms with Crippen LogP contribution in [0.2, 0.25) is 0 Å². The van der Waals surface area contributed by atoms with Crippen molar-refractivity contribution in [3.63, 3.8) is 0 Å². The van der Waals surface area contributed by atoms with Crippen molar-refractivity contribution in [3.8, 4) is 0 Å². The lowest BCUT2D eigenvalue weighted by Gasteiger charge is -2.35. The number of rotatable bonds is 4. The van der Waals surface area contributed by atoms with Gasteiger partial charge in [0.2, 0.25) is 11.8 Å². The van der Waals surface area contributed by atoms with Crippen LogP contribution >= 0.6 is 0 Å². The molecule has 0 aromatic rings. The van der Waals surface area contributed by atoms with Crippen LogP contribution in [0.3, 0.4) is 0 Å². The number of morpholine rings is 1. The van der Waals surface area contributed by atoms with Gasteiger partial charge in [-0.15, -0.1) is 0 Å². The summed E-state index contributed by atoms with van der Waals surface area (Å²) in [4.78, 5) is 30.5. The summed E-state index contributed by atoms with van der Waals surface area (Å²) < 4.78 is 5.30. The van der Waals surface area contributed by atoms with Crippen LogP contribution in [-0.2, 0) is 14.3 Å². The largest absolute Gasteiger partial charge is 0.379 e. The zero-order valence-corrected chi connectivity index (χ0v) is 14.1. The predicted molar refractivity (Wildman–Crippen MR) is 84.5 cm³/mol. The van der Waals surface area contributed by atoms with Gasteiger partial charge in [0.05, 0.1) is 19.8 Å². The fourth-order valence-electron chi connectivity index (χ4n) is 2.97. The Hall–Kier alpha value is -1.14. The number of carbonyl (C=O) groups is 2. The molecule has 6 nitrogen and oxygen atoms in total. The van der Waals surface area contributed by atoms with Crippen molar-refractivity contribution in [3.05, 3.63) is 0 Å². The van der Waals surface area contributed by atoms with Crippen molar-refractivity contribution in [2.45, 2.75) is 32.7 Å². The van der Waals surface area contributed by atoms with Crippen molar-refractivity contribution in [1.29, 1.82) is 0 Å². The molecule has 0 aromatic heterocycles. The van der Waals surface area contributed by atoms with Gasteiger partial charge in [0.1, 0.15) is 0 Å². The quantitative estimate of drug-likeness (QED) is 0.755. The number of piperidine rings is 1. The maximum atomic E-state index is 12.3. The van der Waals surface area contributed by atoms with Crippen LogP contribution in [0.15, 0.2) is 0 Å². The topological polar surface area (TPSA) is 53.1 Å². The Bertz CT molecular complexity index is 386. The first kappa shape index (κ1) is 17.2. The molecule has 0 spiro atoms. The van der Waals surface area contributed by atoms with E-state index >= 15 is 0 Å². The SMILES string of the molecule is CC(C)N(C)C(=O)C1CCN(C(=O)CN2CCOCC2)CC1. The number of ether oxygens (including phenoxy) is 1. The summed E-state index contributed by atoms with van der Waals surface area (Å²) in [5, 5.41) is 0. The fourth-order valence-corrected chi connectivity index (χ4v) is 2.97. The Morgan fingerprint density at radius 3 is 2.27 bits per heavy atom. The maximum Gasteiger partial charge on any atom is 0.236 e. The van der Waals surface area contributed by atoms with Gasteiger partial charge in [0.25, 0.3) is 0 Å². The van der Waals surface area contributed by atoms with E-state index in [0.717, 1.165) is 25.9 Å². The molecular weight excluding hydrogens is 282 g/mol. The average Bonchev–Trinajstić information content (AvgIpc) is 2.54. The van der Waals surface area contributed by atoms with E-state index in [1.807, 2.05) is 30.7 Å². The fraction of sp³-hybridized carbons (Fsp3) is 0.875. The molecule has 2 aliphatic rings. The van der Waals surface area contributed by atoms with E-state index in [2.05, 4.69) is 4.90 Å². The minimum absolute atomic E-state index is 0.0693. The van der Waals surface area contributed by atoms with Gasteiger partial charge in [0, 0.05) is 45.2 Å². The maximum absolute atomic E-state index is 12.3. The van der Waals surface area contributed by atoms with Gasteiger partial charge in [-0.2, -0.15) is 0 Å². The van der Waals surface area contributed by atoms with E-state index in [4.69, 9.17) is 4.74 Å². The molecule has 0 saturated carbocycles. The zero-order chi connectivity index (χ0) is 16.1. The Labute approximate surface area is 133 Å². The minimum atomic E-state index is 0.0693. The number of amides is 2. The van der Waals surface area contributed by atoms with Crippen molar-refractivity contribution in [2.24, 2.45) is 5.92 Å². The Kier molecular flexibility index (Phi) is 6.20. The molecular formula is C16H29N3O3. The van der Waals surface area contributed by atoms with E-state index in [1.165, 1.54) is 0 Å². The lowest BCUT2D eigenvalue weighted by molar-refractivity contribution is -0.141. The second-order valence-corrected chi connectivity index (χ2v) is 6.59. The van der Waals surface area contributed by atoms with E-state index in [-0.39, 0.29) is 23.8 Å². The average molecular weight is 311 g/mol. The summed E-state index contributed by atoms with van der Waals surface area (Å²) in [6.07, 6.45) is 1.56. The third-order valence-electron chi connectivity index (χ3n) is 4.78. The first-order valence-corrected chi connectivity index (χ1v) is 8.33. The number of likely N-dealkylation sites (tertiary alicyclic amines) is 1. The van der Waals surface area contributed by atoms with Crippen molar-refractivity contribution < 1.29 is 14.3 Å². The molecule has 0 bridgehead atoms. The lowest BCUT2D eigenvalue weighted by Crippen LogP contribution is -2.49. The minimum Gasteiger partial charge on any atom is -0.379 e. The second kappa shape index (κ2) is 7.92. The summed E-state index contributed by atoms with van der Waals surface area (Å²) >= 11 is 0. The highest BCUT2D eigenvalue weighted by atomic mass is 16.5. The number of hydrogen-bond donors (Lipinski definition) is 0. The van der Waals surface area contributed by atoms with Gasteiger partial charge in [-0.1, -0.05) is 0 Å². The van der Waals surface area contributed by atoms with Gasteiger partial charge in [-0.3, -0.25) is 14.5 Å². The zero-order valence-electron chi connectivity index (χ0n) is 14.1. The molecule has 0 radical (unpaired) electrons. The molecule has 2 heterocycles. The molecule has 0 aliphatic carbocycles. The lowest BCUT2D eigenvalue weighted by atomic mass is 9.95. The van der Waals surface area contributed by atoms with E-state index in [9.17, 15) is 9.59 Å². The molecule has 2 saturated heterocycles. The molecule has 2 fully saturated rings. The van der Waals surface area contributed by atoms with Gasteiger partial charge in [0.15, 0.2) is 0 Å². The van der Waals surface area contributed by atoms with Crippen LogP contribution in [0.5, 0.6) is 0 Å². The summed E-state index contributed by atoms with van der Waals surface area (Å²) in [6.45, 7) is 9.03. The summed E-state index contributed by atoms with van der Waals surface area (Å²) in [5.41, 5.74) is 0. The van der Waals surface area contributed by atoms with Crippen LogP contribution < -0.4 is 0 Å². The van der Waals surface area contributed by atoms with Crippen molar-refractivity contribution in [1.82, 2.24) is 14.7 Å². The van der Waals surface area contributed by atoms with Crippen LogP contribution in [0.4, 0.5) is 0 Å². The number of nitrogens with zero attached hydrogens (tertiary/aromatic N) is 3. The molecule has 22 heavy (non-hydrogen) atoms.